The maximum atomic E-state index is 11.3. The van der Waals surface area contributed by atoms with Crippen LogP contribution in [0.25, 0.3) is 0 Å². The van der Waals surface area contributed by atoms with Gasteiger partial charge in [-0.15, -0.1) is 0 Å². The lowest BCUT2D eigenvalue weighted by Gasteiger charge is -2.11. The Morgan fingerprint density at radius 2 is 1.83 bits per heavy atom. The highest BCUT2D eigenvalue weighted by Crippen LogP contribution is 2.14. The predicted octanol–water partition coefficient (Wildman–Crippen LogP) is 2.30. The first-order valence-electron chi connectivity index (χ1n) is 6.21. The molecule has 0 saturated heterocycles. The Hall–Kier alpha value is -1.07. The average Bonchev–Trinajstić information content (AvgIpc) is 2.37. The van der Waals surface area contributed by atoms with Crippen molar-refractivity contribution in [3.05, 3.63) is 29.8 Å². The van der Waals surface area contributed by atoms with Crippen LogP contribution in [0.15, 0.2) is 24.3 Å². The molecule has 1 atom stereocenters. The first-order chi connectivity index (χ1) is 8.46. The van der Waals surface area contributed by atoms with E-state index in [-0.39, 0.29) is 5.75 Å². The van der Waals surface area contributed by atoms with Crippen LogP contribution in [0.4, 0.5) is 0 Å². The third kappa shape index (κ3) is 5.06. The Bertz CT molecular complexity index is 454. The summed E-state index contributed by atoms with van der Waals surface area (Å²) in [6.07, 6.45) is 1.08. The van der Waals surface area contributed by atoms with Gasteiger partial charge in [0.2, 0.25) is 0 Å². The molecule has 1 rings (SSSR count). The van der Waals surface area contributed by atoms with E-state index in [0.29, 0.717) is 11.8 Å². The van der Waals surface area contributed by atoms with Gasteiger partial charge in [-0.3, -0.25) is 0 Å². The van der Waals surface area contributed by atoms with E-state index < -0.39 is 10.1 Å². The minimum atomic E-state index is -3.43. The van der Waals surface area contributed by atoms with Crippen molar-refractivity contribution in [3.63, 3.8) is 0 Å². The summed E-state index contributed by atoms with van der Waals surface area (Å²) in [5.41, 5.74) is 1.11. The predicted molar refractivity (Wildman–Crippen MR) is 73.1 cm³/mol. The highest BCUT2D eigenvalue weighted by molar-refractivity contribution is 7.87. The molecular formula is C13H21NO3S. The fraction of sp³-hybridized carbons (Fsp3) is 0.538. The van der Waals surface area contributed by atoms with Crippen LogP contribution in [0, 0.1) is 0 Å². The van der Waals surface area contributed by atoms with Crippen molar-refractivity contribution in [1.29, 1.82) is 0 Å². The summed E-state index contributed by atoms with van der Waals surface area (Å²) in [5, 5.41) is 3.37. The zero-order chi connectivity index (χ0) is 13.6. The summed E-state index contributed by atoms with van der Waals surface area (Å²) in [5.74, 6) is 0.341. The lowest BCUT2D eigenvalue weighted by atomic mass is 10.2. The average molecular weight is 271 g/mol. The second-order valence-electron chi connectivity index (χ2n) is 4.26. The molecule has 0 fully saturated rings. The van der Waals surface area contributed by atoms with E-state index in [1.54, 1.807) is 19.1 Å². The van der Waals surface area contributed by atoms with Gasteiger partial charge in [-0.1, -0.05) is 19.1 Å². The van der Waals surface area contributed by atoms with Gasteiger partial charge in [0.05, 0.1) is 5.75 Å². The number of rotatable bonds is 7. The summed E-state index contributed by atoms with van der Waals surface area (Å²) in [6, 6.07) is 7.58. The molecule has 0 amide bonds. The summed E-state index contributed by atoms with van der Waals surface area (Å²) in [6.45, 7) is 6.59. The second-order valence-corrected chi connectivity index (χ2v) is 6.12. The van der Waals surface area contributed by atoms with Crippen molar-refractivity contribution in [2.24, 2.45) is 0 Å². The Kier molecular flexibility index (Phi) is 5.62. The van der Waals surface area contributed by atoms with Crippen molar-refractivity contribution in [1.82, 2.24) is 5.32 Å². The quantitative estimate of drug-likeness (QED) is 0.773. The monoisotopic (exact) mass is 271 g/mol. The topological polar surface area (TPSA) is 55.4 Å². The molecule has 0 radical (unpaired) electrons. The van der Waals surface area contributed by atoms with Crippen molar-refractivity contribution in [2.45, 2.75) is 39.8 Å². The largest absolute Gasteiger partial charge is 0.382 e. The zero-order valence-corrected chi connectivity index (χ0v) is 12.0. The van der Waals surface area contributed by atoms with Crippen molar-refractivity contribution >= 4 is 10.1 Å². The van der Waals surface area contributed by atoms with E-state index >= 15 is 0 Å². The van der Waals surface area contributed by atoms with Crippen molar-refractivity contribution in [3.8, 4) is 5.75 Å². The van der Waals surface area contributed by atoms with Crippen LogP contribution in [0.1, 0.15) is 32.8 Å². The van der Waals surface area contributed by atoms with Crippen LogP contribution in [0.5, 0.6) is 5.75 Å². The normalized spacial score (nSPS) is 13.3. The van der Waals surface area contributed by atoms with E-state index in [2.05, 4.69) is 19.2 Å². The number of benzene rings is 1. The summed E-state index contributed by atoms with van der Waals surface area (Å²) in [7, 11) is -3.43. The van der Waals surface area contributed by atoms with Crippen LogP contribution >= 0.6 is 0 Å². The Morgan fingerprint density at radius 3 is 2.33 bits per heavy atom. The van der Waals surface area contributed by atoms with Gasteiger partial charge >= 0.3 is 10.1 Å². The molecule has 0 aliphatic carbocycles. The van der Waals surface area contributed by atoms with E-state index in [4.69, 9.17) is 4.18 Å². The first-order valence-corrected chi connectivity index (χ1v) is 7.79. The van der Waals surface area contributed by atoms with Gasteiger partial charge in [0.1, 0.15) is 5.75 Å². The van der Waals surface area contributed by atoms with E-state index in [0.717, 1.165) is 18.5 Å². The maximum Gasteiger partial charge on any atom is 0.308 e. The van der Waals surface area contributed by atoms with Crippen molar-refractivity contribution < 1.29 is 12.6 Å². The van der Waals surface area contributed by atoms with Crippen LogP contribution in [0.2, 0.25) is 0 Å². The molecule has 0 unspecified atom stereocenters. The first kappa shape index (κ1) is 15.0. The Balaban J connectivity index is 2.58. The molecule has 18 heavy (non-hydrogen) atoms. The summed E-state index contributed by atoms with van der Waals surface area (Å²) in [4.78, 5) is 0. The van der Waals surface area contributed by atoms with Gasteiger partial charge in [0, 0.05) is 12.6 Å². The smallest absolute Gasteiger partial charge is 0.308 e. The van der Waals surface area contributed by atoms with Gasteiger partial charge in [-0.25, -0.2) is 0 Å². The minimum Gasteiger partial charge on any atom is -0.382 e. The standard InChI is InChI=1S/C13H21NO3S/c1-4-11(3)14-10-12-6-8-13(9-7-12)17-18(15,16)5-2/h6-9,11,14H,4-5,10H2,1-3H3/t11-/m0/s1. The minimum absolute atomic E-state index is 0.0235. The Morgan fingerprint density at radius 1 is 1.22 bits per heavy atom. The van der Waals surface area contributed by atoms with Crippen molar-refractivity contribution in [2.75, 3.05) is 5.75 Å². The molecular weight excluding hydrogens is 250 g/mol. The number of hydrogen-bond donors (Lipinski definition) is 1. The SMILES string of the molecule is CC[C@H](C)NCc1ccc(OS(=O)(=O)CC)cc1. The fourth-order valence-corrected chi connectivity index (χ4v) is 1.83. The maximum absolute atomic E-state index is 11.3. The molecule has 0 aromatic heterocycles. The lowest BCUT2D eigenvalue weighted by Crippen LogP contribution is -2.24. The highest BCUT2D eigenvalue weighted by atomic mass is 32.2. The number of nitrogens with one attached hydrogen (secondary N) is 1. The fourth-order valence-electron chi connectivity index (χ4n) is 1.30. The van der Waals surface area contributed by atoms with Crippen LogP contribution in [0.3, 0.4) is 0 Å². The summed E-state index contributed by atoms with van der Waals surface area (Å²) >= 11 is 0. The van der Waals surface area contributed by atoms with Gasteiger partial charge in [0.25, 0.3) is 0 Å². The van der Waals surface area contributed by atoms with E-state index in [9.17, 15) is 8.42 Å². The Labute approximate surface area is 109 Å². The molecule has 0 heterocycles. The molecule has 0 bridgehead atoms. The molecule has 0 spiro atoms. The molecule has 0 aliphatic rings. The highest BCUT2D eigenvalue weighted by Gasteiger charge is 2.08. The number of hydrogen-bond acceptors (Lipinski definition) is 4. The molecule has 1 aromatic rings. The summed E-state index contributed by atoms with van der Waals surface area (Å²) < 4.78 is 27.5. The molecule has 1 aromatic carbocycles. The second kappa shape index (κ2) is 6.75. The molecule has 102 valence electrons. The van der Waals surface area contributed by atoms with Crippen LogP contribution in [-0.4, -0.2) is 20.2 Å². The third-order valence-corrected chi connectivity index (χ3v) is 3.92. The molecule has 0 aliphatic heterocycles. The van der Waals surface area contributed by atoms with E-state index in [1.807, 2.05) is 12.1 Å². The molecule has 0 saturated carbocycles. The molecule has 1 N–H and O–H groups in total. The van der Waals surface area contributed by atoms with Crippen LogP contribution < -0.4 is 9.50 Å². The molecule has 5 heteroatoms. The third-order valence-electron chi connectivity index (χ3n) is 2.77. The van der Waals surface area contributed by atoms with Gasteiger partial charge in [-0.2, -0.15) is 8.42 Å². The van der Waals surface area contributed by atoms with Gasteiger partial charge in [0.15, 0.2) is 0 Å². The zero-order valence-electron chi connectivity index (χ0n) is 11.1. The lowest BCUT2D eigenvalue weighted by molar-refractivity contribution is 0.487. The van der Waals surface area contributed by atoms with E-state index in [1.165, 1.54) is 0 Å². The van der Waals surface area contributed by atoms with Crippen LogP contribution in [-0.2, 0) is 16.7 Å². The van der Waals surface area contributed by atoms with Gasteiger partial charge < -0.3 is 9.50 Å². The molecule has 4 nitrogen and oxygen atoms in total. The van der Waals surface area contributed by atoms with Gasteiger partial charge in [-0.05, 0) is 38.0 Å².